The molecule has 3 rings (SSSR count). The summed E-state index contributed by atoms with van der Waals surface area (Å²) in [6.07, 6.45) is 0. The highest BCUT2D eigenvalue weighted by Gasteiger charge is 2.16. The second-order valence-corrected chi connectivity index (χ2v) is 7.67. The van der Waals surface area contributed by atoms with Crippen molar-refractivity contribution < 1.29 is 22.7 Å². The minimum atomic E-state index is -3.99. The first kappa shape index (κ1) is 20.4. The molecule has 0 aliphatic carbocycles. The number of hydrogen-bond acceptors (Lipinski definition) is 5. The van der Waals surface area contributed by atoms with E-state index in [0.29, 0.717) is 5.75 Å². The van der Waals surface area contributed by atoms with Crippen LogP contribution in [0.15, 0.2) is 77.7 Å². The monoisotopic (exact) mass is 412 g/mol. The number of primary sulfonamides is 1. The lowest BCUT2D eigenvalue weighted by Gasteiger charge is -2.11. The van der Waals surface area contributed by atoms with E-state index >= 15 is 0 Å². The molecule has 0 heterocycles. The lowest BCUT2D eigenvalue weighted by molar-refractivity contribution is -0.118. The molecule has 0 spiro atoms. The van der Waals surface area contributed by atoms with E-state index < -0.39 is 15.9 Å². The maximum atomic E-state index is 12.1. The van der Waals surface area contributed by atoms with Crippen molar-refractivity contribution in [3.05, 3.63) is 72.8 Å². The second-order valence-electron chi connectivity index (χ2n) is 6.14. The molecule has 8 heteroatoms. The van der Waals surface area contributed by atoms with E-state index in [-0.39, 0.29) is 22.9 Å². The van der Waals surface area contributed by atoms with E-state index in [1.54, 1.807) is 12.1 Å². The first-order valence-corrected chi connectivity index (χ1v) is 10.2. The van der Waals surface area contributed by atoms with E-state index in [9.17, 15) is 13.2 Å². The first-order valence-electron chi connectivity index (χ1n) is 8.66. The third kappa shape index (κ3) is 5.34. The van der Waals surface area contributed by atoms with Gasteiger partial charge >= 0.3 is 0 Å². The molecule has 0 aromatic heterocycles. The number of carbonyl (C=O) groups is 1. The average Bonchev–Trinajstić information content (AvgIpc) is 2.72. The van der Waals surface area contributed by atoms with Gasteiger partial charge in [-0.2, -0.15) is 0 Å². The molecule has 150 valence electrons. The maximum Gasteiger partial charge on any atom is 0.262 e. The number of nitrogens with one attached hydrogen (secondary N) is 1. The van der Waals surface area contributed by atoms with Crippen LogP contribution in [-0.4, -0.2) is 28.0 Å². The zero-order valence-corrected chi connectivity index (χ0v) is 16.5. The van der Waals surface area contributed by atoms with Crippen LogP contribution in [0.3, 0.4) is 0 Å². The van der Waals surface area contributed by atoms with Crippen molar-refractivity contribution in [2.75, 3.05) is 19.0 Å². The molecule has 0 saturated carbocycles. The fourth-order valence-electron chi connectivity index (χ4n) is 2.70. The summed E-state index contributed by atoms with van der Waals surface area (Å²) in [4.78, 5) is 11.9. The molecule has 0 bridgehead atoms. The van der Waals surface area contributed by atoms with Crippen molar-refractivity contribution >= 4 is 21.6 Å². The number of rotatable bonds is 7. The van der Waals surface area contributed by atoms with Gasteiger partial charge in [0.1, 0.15) is 16.4 Å². The smallest absolute Gasteiger partial charge is 0.262 e. The molecule has 0 aliphatic rings. The highest BCUT2D eigenvalue weighted by Crippen LogP contribution is 2.26. The Morgan fingerprint density at radius 1 is 0.966 bits per heavy atom. The quantitative estimate of drug-likeness (QED) is 0.620. The predicted octanol–water partition coefficient (Wildman–Crippen LogP) is 3.03. The molecule has 0 fully saturated rings. The van der Waals surface area contributed by atoms with Crippen LogP contribution in [0.4, 0.5) is 5.69 Å². The van der Waals surface area contributed by atoms with Gasteiger partial charge < -0.3 is 14.8 Å². The van der Waals surface area contributed by atoms with Gasteiger partial charge in [-0.3, -0.25) is 4.79 Å². The second kappa shape index (κ2) is 8.76. The van der Waals surface area contributed by atoms with Gasteiger partial charge in [0, 0.05) is 5.69 Å². The molecule has 3 aromatic carbocycles. The number of amides is 1. The van der Waals surface area contributed by atoms with E-state index in [1.807, 2.05) is 42.5 Å². The molecule has 3 N–H and O–H groups in total. The summed E-state index contributed by atoms with van der Waals surface area (Å²) in [5, 5.41) is 7.75. The summed E-state index contributed by atoms with van der Waals surface area (Å²) in [5.74, 6) is 0.197. The third-order valence-corrected chi connectivity index (χ3v) is 5.02. The Labute approximate surface area is 169 Å². The number of anilines is 1. The Morgan fingerprint density at radius 2 is 1.62 bits per heavy atom. The number of methoxy groups -OCH3 is 1. The third-order valence-electron chi connectivity index (χ3n) is 4.09. The van der Waals surface area contributed by atoms with Crippen LogP contribution in [0.25, 0.3) is 11.1 Å². The van der Waals surface area contributed by atoms with Gasteiger partial charge in [0.15, 0.2) is 6.61 Å². The highest BCUT2D eigenvalue weighted by atomic mass is 32.2. The van der Waals surface area contributed by atoms with Gasteiger partial charge in [-0.05, 0) is 41.5 Å². The lowest BCUT2D eigenvalue weighted by atomic mass is 10.1. The molecule has 0 saturated heterocycles. The number of carbonyl (C=O) groups excluding carboxylic acids is 1. The molecular formula is C21H20N2O5S. The van der Waals surface area contributed by atoms with Crippen molar-refractivity contribution in [2.45, 2.75) is 4.90 Å². The summed E-state index contributed by atoms with van der Waals surface area (Å²) in [6.45, 7) is -0.235. The van der Waals surface area contributed by atoms with Crippen LogP contribution in [0, 0.1) is 0 Å². The number of ether oxygens (including phenoxy) is 2. The molecule has 0 unspecified atom stereocenters. The molecular weight excluding hydrogens is 392 g/mol. The van der Waals surface area contributed by atoms with Gasteiger partial charge in [-0.25, -0.2) is 13.6 Å². The van der Waals surface area contributed by atoms with Gasteiger partial charge in [0.25, 0.3) is 5.91 Å². The van der Waals surface area contributed by atoms with Gasteiger partial charge in [0.05, 0.1) is 7.11 Å². The first-order chi connectivity index (χ1) is 13.9. The van der Waals surface area contributed by atoms with Crippen molar-refractivity contribution in [1.82, 2.24) is 0 Å². The van der Waals surface area contributed by atoms with Crippen molar-refractivity contribution in [3.8, 4) is 22.6 Å². The molecule has 7 nitrogen and oxygen atoms in total. The van der Waals surface area contributed by atoms with Crippen LogP contribution in [-0.2, 0) is 14.8 Å². The zero-order valence-electron chi connectivity index (χ0n) is 15.7. The topological polar surface area (TPSA) is 108 Å². The van der Waals surface area contributed by atoms with Gasteiger partial charge in [-0.15, -0.1) is 0 Å². The van der Waals surface area contributed by atoms with Gasteiger partial charge in [-0.1, -0.05) is 42.5 Å². The molecule has 1 amide bonds. The molecule has 29 heavy (non-hydrogen) atoms. The zero-order chi connectivity index (χ0) is 20.9. The SMILES string of the molecule is COc1ccc(NC(=O)COc2ccc(-c3ccccc3)cc2)cc1S(N)(=O)=O. The predicted molar refractivity (Wildman–Crippen MR) is 110 cm³/mol. The number of nitrogens with two attached hydrogens (primary N) is 1. The maximum absolute atomic E-state index is 12.1. The number of hydrogen-bond donors (Lipinski definition) is 2. The average molecular weight is 412 g/mol. The van der Waals surface area contributed by atoms with Crippen LogP contribution in [0.1, 0.15) is 0 Å². The summed E-state index contributed by atoms with van der Waals surface area (Å²) < 4.78 is 33.8. The molecule has 0 atom stereocenters. The van der Waals surface area contributed by atoms with E-state index in [1.165, 1.54) is 25.3 Å². The summed E-state index contributed by atoms with van der Waals surface area (Å²) in [6, 6.07) is 21.4. The Bertz CT molecular complexity index is 1100. The number of sulfonamides is 1. The van der Waals surface area contributed by atoms with E-state index in [0.717, 1.165) is 11.1 Å². The van der Waals surface area contributed by atoms with Crippen LogP contribution < -0.4 is 19.9 Å². The lowest BCUT2D eigenvalue weighted by Crippen LogP contribution is -2.21. The molecule has 0 radical (unpaired) electrons. The summed E-state index contributed by atoms with van der Waals surface area (Å²) in [7, 11) is -2.66. The number of benzene rings is 3. The van der Waals surface area contributed by atoms with Crippen molar-refractivity contribution in [3.63, 3.8) is 0 Å². The standard InChI is InChI=1S/C21H20N2O5S/c1-27-19-12-9-17(13-20(19)29(22,25)26)23-21(24)14-28-18-10-7-16(8-11-18)15-5-3-2-4-6-15/h2-13H,14H2,1H3,(H,23,24)(H2,22,25,26). The molecule has 3 aromatic rings. The van der Waals surface area contributed by atoms with E-state index in [4.69, 9.17) is 14.6 Å². The van der Waals surface area contributed by atoms with Crippen LogP contribution in [0.2, 0.25) is 0 Å². The van der Waals surface area contributed by atoms with Crippen molar-refractivity contribution in [1.29, 1.82) is 0 Å². The Kier molecular flexibility index (Phi) is 6.16. The molecule has 0 aliphatic heterocycles. The highest BCUT2D eigenvalue weighted by molar-refractivity contribution is 7.89. The van der Waals surface area contributed by atoms with E-state index in [2.05, 4.69) is 5.32 Å². The Morgan fingerprint density at radius 3 is 2.24 bits per heavy atom. The Hall–Kier alpha value is -3.36. The Balaban J connectivity index is 1.62. The normalized spacial score (nSPS) is 11.0. The fraction of sp³-hybridized carbons (Fsp3) is 0.0952. The van der Waals surface area contributed by atoms with Crippen LogP contribution >= 0.6 is 0 Å². The minimum absolute atomic E-state index is 0.0975. The van der Waals surface area contributed by atoms with Gasteiger partial charge in [0.2, 0.25) is 10.0 Å². The summed E-state index contributed by atoms with van der Waals surface area (Å²) in [5.41, 5.74) is 2.39. The largest absolute Gasteiger partial charge is 0.495 e. The fourth-order valence-corrected chi connectivity index (χ4v) is 3.42. The summed E-state index contributed by atoms with van der Waals surface area (Å²) >= 11 is 0. The van der Waals surface area contributed by atoms with Crippen molar-refractivity contribution in [2.24, 2.45) is 5.14 Å². The van der Waals surface area contributed by atoms with Crippen LogP contribution in [0.5, 0.6) is 11.5 Å². The minimum Gasteiger partial charge on any atom is -0.495 e.